The van der Waals surface area contributed by atoms with Crippen LogP contribution in [0.25, 0.3) is 0 Å². The van der Waals surface area contributed by atoms with Gasteiger partial charge in [0, 0.05) is 7.05 Å². The molecule has 0 spiro atoms. The van der Waals surface area contributed by atoms with Crippen molar-refractivity contribution in [3.8, 4) is 0 Å². The summed E-state index contributed by atoms with van der Waals surface area (Å²) in [7, 11) is 1.78. The van der Waals surface area contributed by atoms with Crippen molar-refractivity contribution in [3.05, 3.63) is 59.4 Å². The highest BCUT2D eigenvalue weighted by Gasteiger charge is 2.19. The Balaban J connectivity index is 0.00000220. The number of pyridine rings is 1. The van der Waals surface area contributed by atoms with Gasteiger partial charge in [-0.15, -0.1) is 12.4 Å². The van der Waals surface area contributed by atoms with Gasteiger partial charge in [0.15, 0.2) is 0 Å². The molecule has 0 bridgehead atoms. The second kappa shape index (κ2) is 7.09. The summed E-state index contributed by atoms with van der Waals surface area (Å²) in [5.41, 5.74) is 8.84. The van der Waals surface area contributed by atoms with Gasteiger partial charge in [-0.2, -0.15) is 0 Å². The molecule has 112 valence electrons. The van der Waals surface area contributed by atoms with Crippen LogP contribution in [0.3, 0.4) is 0 Å². The number of anilines is 1. The van der Waals surface area contributed by atoms with Gasteiger partial charge in [-0.05, 0) is 31.5 Å². The number of nitrogen functional groups attached to an aromatic ring is 1. The lowest BCUT2D eigenvalue weighted by atomic mass is 10.1. The van der Waals surface area contributed by atoms with Crippen LogP contribution in [0.4, 0.5) is 5.69 Å². The number of hydrogen-bond donors (Lipinski definition) is 1. The molecule has 1 aromatic carbocycles. The first-order valence-electron chi connectivity index (χ1n) is 6.54. The number of nitrogens with two attached hydrogens (primary N) is 1. The number of hydrogen-bond acceptors (Lipinski definition) is 3. The molecule has 1 aromatic heterocycles. The summed E-state index contributed by atoms with van der Waals surface area (Å²) in [5.74, 6) is -0.113. The van der Waals surface area contributed by atoms with E-state index in [0.717, 1.165) is 5.56 Å². The van der Waals surface area contributed by atoms with Crippen molar-refractivity contribution in [1.82, 2.24) is 9.88 Å². The van der Waals surface area contributed by atoms with Crippen molar-refractivity contribution in [2.24, 2.45) is 0 Å². The van der Waals surface area contributed by atoms with Crippen LogP contribution in [0.15, 0.2) is 42.6 Å². The van der Waals surface area contributed by atoms with Gasteiger partial charge in [0.05, 0.1) is 17.9 Å². The minimum absolute atomic E-state index is 0. The fourth-order valence-corrected chi connectivity index (χ4v) is 1.96. The molecule has 1 heterocycles. The number of aromatic nitrogens is 1. The minimum atomic E-state index is -0.113. The predicted molar refractivity (Wildman–Crippen MR) is 87.6 cm³/mol. The molecule has 1 atom stereocenters. The Labute approximate surface area is 131 Å². The third-order valence-corrected chi connectivity index (χ3v) is 3.47. The molecule has 1 amide bonds. The first kappa shape index (κ1) is 17.0. The Kier molecular flexibility index (Phi) is 5.73. The Morgan fingerprint density at radius 2 is 1.81 bits per heavy atom. The number of halogens is 1. The zero-order valence-electron chi connectivity index (χ0n) is 12.4. The lowest BCUT2D eigenvalue weighted by Gasteiger charge is -2.25. The summed E-state index contributed by atoms with van der Waals surface area (Å²) >= 11 is 0. The zero-order chi connectivity index (χ0) is 14.7. The van der Waals surface area contributed by atoms with Crippen LogP contribution in [0.2, 0.25) is 0 Å². The molecule has 2 rings (SSSR count). The van der Waals surface area contributed by atoms with Gasteiger partial charge in [-0.25, -0.2) is 4.98 Å². The number of benzene rings is 1. The van der Waals surface area contributed by atoms with Crippen LogP contribution < -0.4 is 5.73 Å². The monoisotopic (exact) mass is 305 g/mol. The minimum Gasteiger partial charge on any atom is -0.397 e. The van der Waals surface area contributed by atoms with Crippen molar-refractivity contribution in [3.63, 3.8) is 0 Å². The fraction of sp³-hybridized carbons (Fsp3) is 0.250. The van der Waals surface area contributed by atoms with E-state index in [2.05, 4.69) is 4.98 Å². The Morgan fingerprint density at radius 3 is 2.33 bits per heavy atom. The highest BCUT2D eigenvalue weighted by molar-refractivity contribution is 5.92. The van der Waals surface area contributed by atoms with Crippen molar-refractivity contribution in [1.29, 1.82) is 0 Å². The number of carbonyl (C=O) groups excluding carboxylic acids is 1. The summed E-state index contributed by atoms with van der Waals surface area (Å²) in [6.07, 6.45) is 1.50. The second-order valence-electron chi connectivity index (χ2n) is 4.98. The molecule has 0 aliphatic rings. The molecule has 21 heavy (non-hydrogen) atoms. The van der Waals surface area contributed by atoms with Crippen LogP contribution >= 0.6 is 12.4 Å². The normalized spacial score (nSPS) is 11.4. The molecule has 0 saturated heterocycles. The Hall–Kier alpha value is -2.07. The smallest absolute Gasteiger partial charge is 0.272 e. The molecule has 0 fully saturated rings. The molecular formula is C16H20ClN3O. The van der Waals surface area contributed by atoms with E-state index in [9.17, 15) is 4.79 Å². The molecular weight excluding hydrogens is 286 g/mol. The molecule has 0 radical (unpaired) electrons. The largest absolute Gasteiger partial charge is 0.397 e. The van der Waals surface area contributed by atoms with Crippen molar-refractivity contribution in [2.75, 3.05) is 12.8 Å². The third kappa shape index (κ3) is 3.95. The first-order valence-corrected chi connectivity index (χ1v) is 6.54. The topological polar surface area (TPSA) is 59.2 Å². The molecule has 2 N–H and O–H groups in total. The zero-order valence-corrected chi connectivity index (χ0v) is 13.2. The predicted octanol–water partition coefficient (Wildman–Crippen LogP) is 3.23. The Bertz CT molecular complexity index is 596. The van der Waals surface area contributed by atoms with E-state index in [4.69, 9.17) is 5.73 Å². The fourth-order valence-electron chi connectivity index (χ4n) is 1.96. The molecule has 0 aliphatic carbocycles. The standard InChI is InChI=1S/C16H19N3O.ClH/c1-11-4-6-13(7-5-11)12(2)19(3)16(20)15-9-8-14(17)10-18-15;/h4-10,12H,17H2,1-3H3;1H. The van der Waals surface area contributed by atoms with Crippen LogP contribution in [-0.4, -0.2) is 22.8 Å². The van der Waals surface area contributed by atoms with E-state index >= 15 is 0 Å². The molecule has 1 unspecified atom stereocenters. The van der Waals surface area contributed by atoms with Crippen LogP contribution in [0, 0.1) is 6.92 Å². The highest BCUT2D eigenvalue weighted by Crippen LogP contribution is 2.20. The van der Waals surface area contributed by atoms with Crippen molar-refractivity contribution in [2.45, 2.75) is 19.9 Å². The maximum absolute atomic E-state index is 12.4. The summed E-state index contributed by atoms with van der Waals surface area (Å²) < 4.78 is 0. The molecule has 0 saturated carbocycles. The van der Waals surface area contributed by atoms with E-state index in [1.807, 2.05) is 38.1 Å². The van der Waals surface area contributed by atoms with Gasteiger partial charge < -0.3 is 10.6 Å². The van der Waals surface area contributed by atoms with Gasteiger partial charge in [0.25, 0.3) is 5.91 Å². The van der Waals surface area contributed by atoms with E-state index in [1.54, 1.807) is 24.1 Å². The summed E-state index contributed by atoms with van der Waals surface area (Å²) in [6, 6.07) is 11.5. The quantitative estimate of drug-likeness (QED) is 0.947. The van der Waals surface area contributed by atoms with Crippen LogP contribution in [0.1, 0.15) is 34.6 Å². The second-order valence-corrected chi connectivity index (χ2v) is 4.98. The lowest BCUT2D eigenvalue weighted by Crippen LogP contribution is -2.30. The maximum Gasteiger partial charge on any atom is 0.272 e. The summed E-state index contributed by atoms with van der Waals surface area (Å²) in [6.45, 7) is 4.04. The van der Waals surface area contributed by atoms with Gasteiger partial charge in [-0.1, -0.05) is 29.8 Å². The Morgan fingerprint density at radius 1 is 1.19 bits per heavy atom. The number of aryl methyl sites for hydroxylation is 1. The molecule has 5 heteroatoms. The number of nitrogens with zero attached hydrogens (tertiary/aromatic N) is 2. The van der Waals surface area contributed by atoms with Crippen molar-refractivity contribution >= 4 is 24.0 Å². The SMILES string of the molecule is Cc1ccc(C(C)N(C)C(=O)c2ccc(N)cn2)cc1.Cl. The van der Waals surface area contributed by atoms with Crippen LogP contribution in [0.5, 0.6) is 0 Å². The van der Waals surface area contributed by atoms with Gasteiger partial charge >= 0.3 is 0 Å². The van der Waals surface area contributed by atoms with Gasteiger partial charge in [-0.3, -0.25) is 4.79 Å². The van der Waals surface area contributed by atoms with E-state index in [-0.39, 0.29) is 24.4 Å². The molecule has 4 nitrogen and oxygen atoms in total. The lowest BCUT2D eigenvalue weighted by molar-refractivity contribution is 0.0737. The van der Waals surface area contributed by atoms with Gasteiger partial charge in [0.2, 0.25) is 0 Å². The van der Waals surface area contributed by atoms with Crippen molar-refractivity contribution < 1.29 is 4.79 Å². The average Bonchev–Trinajstić information content (AvgIpc) is 2.46. The maximum atomic E-state index is 12.4. The third-order valence-electron chi connectivity index (χ3n) is 3.47. The molecule has 0 aliphatic heterocycles. The number of amides is 1. The highest BCUT2D eigenvalue weighted by atomic mass is 35.5. The average molecular weight is 306 g/mol. The summed E-state index contributed by atoms with van der Waals surface area (Å²) in [4.78, 5) is 18.1. The van der Waals surface area contributed by atoms with E-state index in [1.165, 1.54) is 11.8 Å². The van der Waals surface area contributed by atoms with Gasteiger partial charge in [0.1, 0.15) is 5.69 Å². The summed E-state index contributed by atoms with van der Waals surface area (Å²) in [5, 5.41) is 0. The van der Waals surface area contributed by atoms with E-state index < -0.39 is 0 Å². The number of carbonyl (C=O) groups is 1. The van der Waals surface area contributed by atoms with E-state index in [0.29, 0.717) is 11.4 Å². The van der Waals surface area contributed by atoms with Crippen LogP contribution in [-0.2, 0) is 0 Å². The first-order chi connectivity index (χ1) is 9.49. The number of rotatable bonds is 3. The molecule has 2 aromatic rings.